The lowest BCUT2D eigenvalue weighted by molar-refractivity contribution is 0.301. The first kappa shape index (κ1) is 13.7. The molecule has 4 rings (SSSR count). The van der Waals surface area contributed by atoms with Crippen molar-refractivity contribution < 1.29 is 9.26 Å². The van der Waals surface area contributed by atoms with Gasteiger partial charge in [-0.1, -0.05) is 10.3 Å². The molecule has 0 spiro atoms. The molecule has 0 amide bonds. The summed E-state index contributed by atoms with van der Waals surface area (Å²) >= 11 is 0. The van der Waals surface area contributed by atoms with Crippen LogP contribution in [-0.4, -0.2) is 32.4 Å². The number of fused-ring (bicyclic) bond motifs is 2. The lowest BCUT2D eigenvalue weighted by Gasteiger charge is -2.18. The molecule has 0 bridgehead atoms. The Bertz CT molecular complexity index is 811. The number of aliphatic imine (C=N–C) groups is 1. The molecule has 0 aliphatic heterocycles. The average molecular weight is 307 g/mol. The van der Waals surface area contributed by atoms with Crippen LogP contribution in [0, 0.1) is 0 Å². The van der Waals surface area contributed by atoms with E-state index in [1.807, 2.05) is 18.2 Å². The smallest absolute Gasteiger partial charge is 0.137 e. The van der Waals surface area contributed by atoms with Crippen molar-refractivity contribution in [3.8, 4) is 0 Å². The third-order valence-corrected chi connectivity index (χ3v) is 3.34. The Morgan fingerprint density at radius 3 is 2.71 bits per heavy atom. The van der Waals surface area contributed by atoms with Gasteiger partial charge in [0.25, 0.3) is 0 Å². The predicted molar refractivity (Wildman–Crippen MR) is 75.8 cm³/mol. The van der Waals surface area contributed by atoms with E-state index < -0.39 is 0 Å². The lowest BCUT2D eigenvalue weighted by Crippen LogP contribution is -2.38. The second-order valence-corrected chi connectivity index (χ2v) is 4.69. The number of rotatable bonds is 1. The zero-order valence-electron chi connectivity index (χ0n) is 10.8. The monoisotopic (exact) mass is 306 g/mol. The van der Waals surface area contributed by atoms with Crippen molar-refractivity contribution >= 4 is 34.8 Å². The highest BCUT2D eigenvalue weighted by Gasteiger charge is 2.25. The topological polar surface area (TPSA) is 116 Å². The third-order valence-electron chi connectivity index (χ3n) is 3.34. The van der Waals surface area contributed by atoms with Crippen molar-refractivity contribution in [2.45, 2.75) is 18.9 Å². The van der Waals surface area contributed by atoms with E-state index in [0.717, 1.165) is 22.8 Å². The molecule has 0 saturated carbocycles. The standard InChI is InChI=1S/C12H10N6O2.ClH/c13-7-4-11-12(18-20-17-11)5-9(7)14-6-1-2-8-10(3-6)16-19-15-8;/h1-3,7H,4-5,13H2;1H. The van der Waals surface area contributed by atoms with Crippen LogP contribution in [0.3, 0.4) is 0 Å². The van der Waals surface area contributed by atoms with Gasteiger partial charge in [-0.25, -0.2) is 9.26 Å². The quantitative estimate of drug-likeness (QED) is 0.718. The average Bonchev–Trinajstić information content (AvgIpc) is 3.06. The van der Waals surface area contributed by atoms with Crippen LogP contribution in [0.2, 0.25) is 0 Å². The maximum atomic E-state index is 6.11. The maximum Gasteiger partial charge on any atom is 0.137 e. The van der Waals surface area contributed by atoms with Gasteiger partial charge >= 0.3 is 0 Å². The van der Waals surface area contributed by atoms with E-state index in [1.54, 1.807) is 0 Å². The number of hydrogen-bond donors (Lipinski definition) is 1. The molecule has 1 aromatic carbocycles. The summed E-state index contributed by atoms with van der Waals surface area (Å²) in [6.45, 7) is 0. The molecule has 108 valence electrons. The van der Waals surface area contributed by atoms with Crippen molar-refractivity contribution in [3.63, 3.8) is 0 Å². The van der Waals surface area contributed by atoms with Gasteiger partial charge in [0.1, 0.15) is 22.4 Å². The summed E-state index contributed by atoms with van der Waals surface area (Å²) in [6, 6.07) is 5.29. The number of nitrogens with zero attached hydrogens (tertiary/aromatic N) is 5. The number of benzene rings is 1. The van der Waals surface area contributed by atoms with Crippen LogP contribution in [0.5, 0.6) is 0 Å². The predicted octanol–water partition coefficient (Wildman–Crippen LogP) is 1.23. The highest BCUT2D eigenvalue weighted by atomic mass is 35.5. The Morgan fingerprint density at radius 2 is 1.81 bits per heavy atom. The zero-order chi connectivity index (χ0) is 13.5. The molecule has 1 aliphatic rings. The van der Waals surface area contributed by atoms with Crippen LogP contribution in [-0.2, 0) is 12.8 Å². The molecule has 0 fully saturated rings. The SMILES string of the molecule is Cl.NC1Cc2nonc2CC1=Nc1ccc2nonc2c1. The van der Waals surface area contributed by atoms with Gasteiger partial charge in [-0.15, -0.1) is 12.4 Å². The molecule has 1 aliphatic carbocycles. The Morgan fingerprint density at radius 1 is 1.05 bits per heavy atom. The number of hydrogen-bond acceptors (Lipinski definition) is 8. The first-order chi connectivity index (χ1) is 9.79. The molecule has 1 unspecified atom stereocenters. The van der Waals surface area contributed by atoms with Crippen molar-refractivity contribution in [2.75, 3.05) is 0 Å². The van der Waals surface area contributed by atoms with Gasteiger partial charge in [-0.2, -0.15) is 0 Å². The zero-order valence-corrected chi connectivity index (χ0v) is 11.6. The van der Waals surface area contributed by atoms with Gasteiger partial charge in [0, 0.05) is 24.6 Å². The van der Waals surface area contributed by atoms with Gasteiger partial charge in [-0.05, 0) is 28.5 Å². The van der Waals surface area contributed by atoms with Gasteiger partial charge in [0.05, 0.1) is 5.69 Å². The number of aromatic nitrogens is 4. The van der Waals surface area contributed by atoms with Crippen LogP contribution >= 0.6 is 12.4 Å². The van der Waals surface area contributed by atoms with E-state index in [1.165, 1.54) is 0 Å². The molecule has 2 N–H and O–H groups in total. The number of halogens is 1. The fourth-order valence-corrected chi connectivity index (χ4v) is 2.27. The molecule has 3 aromatic rings. The van der Waals surface area contributed by atoms with Gasteiger partial charge in [0.15, 0.2) is 0 Å². The lowest BCUT2D eigenvalue weighted by atomic mass is 9.94. The summed E-state index contributed by atoms with van der Waals surface area (Å²) < 4.78 is 9.38. The summed E-state index contributed by atoms with van der Waals surface area (Å²) in [4.78, 5) is 4.58. The Kier molecular flexibility index (Phi) is 3.40. The number of nitrogens with two attached hydrogens (primary N) is 1. The Hall–Kier alpha value is -2.32. The first-order valence-electron chi connectivity index (χ1n) is 6.15. The minimum Gasteiger partial charge on any atom is -0.323 e. The Labute approximate surface area is 124 Å². The molecule has 1 atom stereocenters. The summed E-state index contributed by atoms with van der Waals surface area (Å²) in [5, 5.41) is 15.2. The van der Waals surface area contributed by atoms with Crippen molar-refractivity contribution in [2.24, 2.45) is 10.7 Å². The molecular formula is C12H11ClN6O2. The summed E-state index contributed by atoms with van der Waals surface area (Å²) in [6.07, 6.45) is 1.14. The highest BCUT2D eigenvalue weighted by Crippen LogP contribution is 2.22. The van der Waals surface area contributed by atoms with Gasteiger partial charge < -0.3 is 5.73 Å². The van der Waals surface area contributed by atoms with E-state index in [2.05, 4.69) is 30.2 Å². The Balaban J connectivity index is 0.00000132. The van der Waals surface area contributed by atoms with Crippen LogP contribution in [0.25, 0.3) is 11.0 Å². The molecule has 2 heterocycles. The van der Waals surface area contributed by atoms with E-state index in [-0.39, 0.29) is 18.4 Å². The van der Waals surface area contributed by atoms with Crippen LogP contribution < -0.4 is 5.73 Å². The van der Waals surface area contributed by atoms with Crippen molar-refractivity contribution in [1.29, 1.82) is 0 Å². The van der Waals surface area contributed by atoms with E-state index in [0.29, 0.717) is 23.9 Å². The van der Waals surface area contributed by atoms with E-state index >= 15 is 0 Å². The molecular weight excluding hydrogens is 296 g/mol. The van der Waals surface area contributed by atoms with Crippen LogP contribution in [0.4, 0.5) is 5.69 Å². The summed E-state index contributed by atoms with van der Waals surface area (Å²) in [5.74, 6) is 0. The normalized spacial score (nSPS) is 19.5. The fourth-order valence-electron chi connectivity index (χ4n) is 2.27. The van der Waals surface area contributed by atoms with Crippen LogP contribution in [0.1, 0.15) is 11.4 Å². The van der Waals surface area contributed by atoms with Crippen molar-refractivity contribution in [1.82, 2.24) is 20.6 Å². The van der Waals surface area contributed by atoms with Gasteiger partial charge in [-0.3, -0.25) is 4.99 Å². The van der Waals surface area contributed by atoms with Crippen LogP contribution in [0.15, 0.2) is 32.4 Å². The van der Waals surface area contributed by atoms with Gasteiger partial charge in [0.2, 0.25) is 0 Å². The second-order valence-electron chi connectivity index (χ2n) is 4.69. The summed E-state index contributed by atoms with van der Waals surface area (Å²) in [7, 11) is 0. The van der Waals surface area contributed by atoms with Crippen molar-refractivity contribution in [3.05, 3.63) is 29.6 Å². The molecule has 21 heavy (non-hydrogen) atoms. The summed E-state index contributed by atoms with van der Waals surface area (Å²) in [5.41, 5.74) is 10.7. The first-order valence-corrected chi connectivity index (χ1v) is 6.15. The van der Waals surface area contributed by atoms with E-state index in [9.17, 15) is 0 Å². The fraction of sp³-hybridized carbons (Fsp3) is 0.250. The molecule has 8 nitrogen and oxygen atoms in total. The molecule has 2 aromatic heterocycles. The maximum absolute atomic E-state index is 6.11. The largest absolute Gasteiger partial charge is 0.323 e. The minimum atomic E-state index is -0.180. The third kappa shape index (κ3) is 2.39. The minimum absolute atomic E-state index is 0. The molecule has 9 heteroatoms. The highest BCUT2D eigenvalue weighted by molar-refractivity contribution is 5.95. The molecule has 0 radical (unpaired) electrons. The molecule has 0 saturated heterocycles. The van der Waals surface area contributed by atoms with E-state index in [4.69, 9.17) is 10.4 Å². The second kappa shape index (κ2) is 5.23.